The molecule has 1 N–H and O–H groups in total. The minimum absolute atomic E-state index is 0.0111. The van der Waals surface area contributed by atoms with E-state index in [0.717, 1.165) is 5.56 Å². The lowest BCUT2D eigenvalue weighted by Gasteiger charge is -2.42. The van der Waals surface area contributed by atoms with Crippen LogP contribution < -0.4 is 0 Å². The number of carbonyl (C=O) groups excluding carboxylic acids is 2. The molecule has 10 heteroatoms. The van der Waals surface area contributed by atoms with Crippen LogP contribution in [0, 0.1) is 17.3 Å². The number of ether oxygens (including phenoxy) is 3. The molecule has 1 aromatic heterocycles. The van der Waals surface area contributed by atoms with Crippen molar-refractivity contribution in [2.45, 2.75) is 107 Å². The predicted molar refractivity (Wildman–Crippen MR) is 150 cm³/mol. The molecule has 0 aliphatic carbocycles. The van der Waals surface area contributed by atoms with Gasteiger partial charge in [0.05, 0.1) is 35.6 Å². The van der Waals surface area contributed by atoms with Gasteiger partial charge in [-0.15, -0.1) is 0 Å². The molecule has 0 bridgehead atoms. The number of thiol groups is 1. The van der Waals surface area contributed by atoms with E-state index in [2.05, 4.69) is 0 Å². The minimum atomic E-state index is -1.09. The summed E-state index contributed by atoms with van der Waals surface area (Å²) in [5, 5.41) is 8.47. The monoisotopic (exact) mass is 560 g/mol. The molecule has 2 saturated heterocycles. The van der Waals surface area contributed by atoms with Crippen molar-refractivity contribution in [1.29, 1.82) is 0 Å². The molecule has 4 unspecified atom stereocenters. The predicted octanol–water partition coefficient (Wildman–Crippen LogP) is 4.35. The average molecular weight is 561 g/mol. The van der Waals surface area contributed by atoms with E-state index < -0.39 is 57.4 Å². The highest BCUT2D eigenvalue weighted by Gasteiger charge is 2.66. The summed E-state index contributed by atoms with van der Waals surface area (Å²) < 4.78 is 23.5. The van der Waals surface area contributed by atoms with Crippen LogP contribution in [0.3, 0.4) is 0 Å². The Bertz CT molecular complexity index is 1130. The van der Waals surface area contributed by atoms with Gasteiger partial charge in [0, 0.05) is 23.2 Å². The first-order chi connectivity index (χ1) is 18.1. The fraction of sp³-hybridized carbons (Fsp3) is 0.690. The van der Waals surface area contributed by atoms with E-state index in [-0.39, 0.29) is 30.5 Å². The second kappa shape index (κ2) is 10.4. The maximum Gasteiger partial charge on any atom is 0.338 e. The van der Waals surface area contributed by atoms with Crippen LogP contribution in [0.1, 0.15) is 78.9 Å². The second-order valence-corrected chi connectivity index (χ2v) is 13.5. The summed E-state index contributed by atoms with van der Waals surface area (Å²) in [6, 6.07) is 1.79. The van der Waals surface area contributed by atoms with Gasteiger partial charge in [0.15, 0.2) is 6.10 Å². The number of fused-ring (bicyclic) bond motifs is 1. The number of aliphatic carboxylic acids is 1. The number of esters is 1. The summed E-state index contributed by atoms with van der Waals surface area (Å²) in [4.78, 5) is 39.3. The van der Waals surface area contributed by atoms with E-state index in [9.17, 15) is 19.5 Å². The Labute approximate surface area is 237 Å². The summed E-state index contributed by atoms with van der Waals surface area (Å²) in [6.07, 6.45) is 6.34. The Balaban J connectivity index is 1.63. The first-order valence-electron chi connectivity index (χ1n) is 13.7. The molecule has 214 valence electrons. The zero-order valence-corrected chi connectivity index (χ0v) is 24.8. The first kappa shape index (κ1) is 29.9. The third kappa shape index (κ3) is 5.24. The van der Waals surface area contributed by atoms with Crippen LogP contribution in [0.5, 0.6) is 0 Å². The molecular weight excluding hydrogens is 519 g/mol. The molecule has 3 aliphatic heterocycles. The Morgan fingerprint density at radius 1 is 1.10 bits per heavy atom. The third-order valence-corrected chi connectivity index (χ3v) is 10.8. The number of hydrogen-bond acceptors (Lipinski definition) is 8. The Morgan fingerprint density at radius 3 is 2.38 bits per heavy atom. The van der Waals surface area contributed by atoms with Gasteiger partial charge in [0.25, 0.3) is 0 Å². The molecule has 8 nitrogen and oxygen atoms in total. The van der Waals surface area contributed by atoms with Crippen molar-refractivity contribution in [1.82, 2.24) is 0 Å². The number of carbonyl (C=O) groups is 3. The molecule has 0 saturated carbocycles. The molecule has 0 radical (unpaired) electrons. The van der Waals surface area contributed by atoms with Crippen molar-refractivity contribution < 1.29 is 38.1 Å². The van der Waals surface area contributed by atoms with Gasteiger partial charge in [-0.1, -0.05) is 26.0 Å². The molecule has 4 rings (SSSR count). The van der Waals surface area contributed by atoms with E-state index in [4.69, 9.17) is 31.3 Å². The van der Waals surface area contributed by atoms with Crippen LogP contribution in [0.2, 0.25) is 5.31 Å². The van der Waals surface area contributed by atoms with E-state index in [1.807, 2.05) is 54.6 Å². The highest BCUT2D eigenvalue weighted by atomic mass is 32.1. The summed E-state index contributed by atoms with van der Waals surface area (Å²) in [6.45, 7) is 11.4. The number of ketones is 1. The van der Waals surface area contributed by atoms with Gasteiger partial charge in [0.1, 0.15) is 25.8 Å². The summed E-state index contributed by atoms with van der Waals surface area (Å²) >= 11 is 4.89. The van der Waals surface area contributed by atoms with Crippen molar-refractivity contribution in [3.05, 3.63) is 36.3 Å². The molecule has 0 aromatic carbocycles. The van der Waals surface area contributed by atoms with Crippen molar-refractivity contribution in [3.63, 3.8) is 0 Å². The van der Waals surface area contributed by atoms with Crippen molar-refractivity contribution in [2.75, 3.05) is 0 Å². The lowest BCUT2D eigenvalue weighted by atomic mass is 9.49. The van der Waals surface area contributed by atoms with E-state index in [0.29, 0.717) is 12.8 Å². The van der Waals surface area contributed by atoms with Crippen LogP contribution in [0.15, 0.2) is 35.2 Å². The molecule has 39 heavy (non-hydrogen) atoms. The quantitative estimate of drug-likeness (QED) is 0.174. The lowest BCUT2D eigenvalue weighted by molar-refractivity contribution is -0.154. The average Bonchev–Trinajstić information content (AvgIpc) is 3.44. The topological polar surface area (TPSA) is 116 Å². The number of cyclic esters (lactones) is 1. The van der Waals surface area contributed by atoms with Gasteiger partial charge in [0.2, 0.25) is 0 Å². The van der Waals surface area contributed by atoms with Crippen molar-refractivity contribution >= 4 is 38.2 Å². The number of carboxylic acids is 1. The van der Waals surface area contributed by atoms with Gasteiger partial charge < -0.3 is 23.7 Å². The number of furan rings is 1. The number of epoxide rings is 1. The zero-order chi connectivity index (χ0) is 29.0. The van der Waals surface area contributed by atoms with Crippen molar-refractivity contribution in [3.8, 4) is 0 Å². The van der Waals surface area contributed by atoms with Gasteiger partial charge in [-0.2, -0.15) is 12.6 Å². The van der Waals surface area contributed by atoms with Crippen molar-refractivity contribution in [2.24, 2.45) is 17.3 Å². The van der Waals surface area contributed by atoms with Gasteiger partial charge in [-0.25, -0.2) is 4.79 Å². The fourth-order valence-electron chi connectivity index (χ4n) is 6.69. The highest BCUT2D eigenvalue weighted by molar-refractivity contribution is 7.81. The molecule has 0 amide bonds. The fourth-order valence-corrected chi connectivity index (χ4v) is 7.10. The Morgan fingerprint density at radius 2 is 1.77 bits per heavy atom. The lowest BCUT2D eigenvalue weighted by Crippen LogP contribution is -2.48. The van der Waals surface area contributed by atoms with Crippen LogP contribution in [-0.4, -0.2) is 59.3 Å². The summed E-state index contributed by atoms with van der Waals surface area (Å²) in [5.41, 5.74) is -2.00. The molecule has 4 heterocycles. The molecule has 3 aliphatic rings. The molecule has 0 spiro atoms. The summed E-state index contributed by atoms with van der Waals surface area (Å²) in [7, 11) is 1.99. The normalized spacial score (nSPS) is 42.9. The van der Waals surface area contributed by atoms with Crippen LogP contribution in [0.4, 0.5) is 0 Å². The number of Topliss-reactive ketones (excluding diaryl/α,β-unsaturated/α-hetero) is 1. The minimum Gasteiger partial charge on any atom is -0.481 e. The second-order valence-electron chi connectivity index (χ2n) is 12.8. The Kier molecular flexibility index (Phi) is 8.00. The third-order valence-electron chi connectivity index (χ3n) is 10.0. The number of hydrogen-bond donors (Lipinski definition) is 2. The van der Waals surface area contributed by atoms with Gasteiger partial charge in [-0.3, -0.25) is 9.59 Å². The first-order valence-corrected chi connectivity index (χ1v) is 14.2. The van der Waals surface area contributed by atoms with Crippen LogP contribution in [-0.2, 0) is 28.6 Å². The maximum absolute atomic E-state index is 14.3. The van der Waals surface area contributed by atoms with Crippen LogP contribution in [0.25, 0.3) is 0 Å². The number of carboxylic acid groups (broad SMARTS) is 1. The zero-order valence-electron chi connectivity index (χ0n) is 23.9. The van der Waals surface area contributed by atoms with Gasteiger partial charge in [-0.05, 0) is 57.8 Å². The van der Waals surface area contributed by atoms with Crippen LogP contribution >= 0.6 is 12.6 Å². The molecule has 2 fully saturated rings. The Hall–Kier alpha value is -2.04. The standard InChI is InChI=1S/C29H41BO8S/c1-16-9-7-8-10-20(39)28(6,24-23(36-24)25(34)37-22(16)18-11-12-35-15-18)19(31)13-29(30)17(2)27(5,14-21(32)33)38-26(29,3)4/h7-8,11-12,15-17,20,22-24,39H,9-10,13-14,30H2,1-6H3,(H,32,33)/b8-7+/t16-,17?,20+,22-,23?,24?,27+,28?,29+/m1/s1. The molecule has 1 aromatic rings. The largest absolute Gasteiger partial charge is 0.481 e. The maximum atomic E-state index is 14.3. The highest BCUT2D eigenvalue weighted by Crippen LogP contribution is 2.62. The van der Waals surface area contributed by atoms with E-state index in [1.54, 1.807) is 25.5 Å². The molecule has 9 atom stereocenters. The SMILES string of the molecule is B[C@@]1(CC(=O)C2(C)C3OC3C(=O)O[C@@H](c3ccoc3)[C@H](C)C/C=C/C[C@@H]2S)C(C)[C@](C)(CC(=O)O)OC1(C)C. The summed E-state index contributed by atoms with van der Waals surface area (Å²) in [5.74, 6) is -1.75. The number of allylic oxidation sites excluding steroid dienone is 2. The van der Waals surface area contributed by atoms with E-state index >= 15 is 0 Å². The van der Waals surface area contributed by atoms with E-state index in [1.165, 1.54) is 0 Å². The molecular formula is C29H41BO8S. The van der Waals surface area contributed by atoms with Gasteiger partial charge >= 0.3 is 11.9 Å². The smallest absolute Gasteiger partial charge is 0.338 e. The number of rotatable bonds is 6.